The van der Waals surface area contributed by atoms with Crippen molar-refractivity contribution in [1.82, 2.24) is 19.5 Å². The van der Waals surface area contributed by atoms with Crippen molar-refractivity contribution in [2.24, 2.45) is 5.92 Å². The number of hydrogen-bond acceptors (Lipinski definition) is 5. The standard InChI is InChI=1S/C20H22N4O3Si/c1-12-15(10-27-9-14-6-4-3-5-7-14)17(28-26)8-16(12)24-11-21-18-19(24)22-13(2)23-20(18)25/h3-7,11,15-17,26H,1,8-10H2,2H3,(H,22,23,25)/q-1/t15-,16-,17-/m0/s1. The van der Waals surface area contributed by atoms with Gasteiger partial charge in [0.25, 0.3) is 5.56 Å². The molecule has 145 valence electrons. The van der Waals surface area contributed by atoms with Crippen molar-refractivity contribution in [3.8, 4) is 0 Å². The molecular weight excluding hydrogens is 372 g/mol. The Morgan fingerprint density at radius 3 is 2.93 bits per heavy atom. The zero-order chi connectivity index (χ0) is 19.7. The van der Waals surface area contributed by atoms with E-state index in [4.69, 9.17) is 4.74 Å². The number of hydrogen-bond donors (Lipinski definition) is 2. The molecule has 0 amide bonds. The molecule has 2 N–H and O–H groups in total. The number of ether oxygens (including phenoxy) is 1. The van der Waals surface area contributed by atoms with E-state index in [0.29, 0.717) is 30.2 Å². The van der Waals surface area contributed by atoms with Crippen LogP contribution in [0.3, 0.4) is 0 Å². The Hall–Kier alpha value is -2.55. The lowest BCUT2D eigenvalue weighted by Crippen LogP contribution is -2.17. The van der Waals surface area contributed by atoms with Crippen molar-refractivity contribution < 1.29 is 9.53 Å². The molecule has 3 aromatic rings. The zero-order valence-electron chi connectivity index (χ0n) is 15.6. The first kappa shape index (κ1) is 18.8. The molecule has 2 heterocycles. The Bertz CT molecular complexity index is 1050. The van der Waals surface area contributed by atoms with Gasteiger partial charge in [0.05, 0.1) is 25.6 Å². The predicted molar refractivity (Wildman–Crippen MR) is 107 cm³/mol. The monoisotopic (exact) mass is 394 g/mol. The minimum Gasteiger partial charge on any atom is -0.634 e. The summed E-state index contributed by atoms with van der Waals surface area (Å²) in [6.07, 6.45) is 2.37. The zero-order valence-corrected chi connectivity index (χ0v) is 16.6. The van der Waals surface area contributed by atoms with Gasteiger partial charge in [-0.25, -0.2) is 9.97 Å². The molecule has 0 spiro atoms. The summed E-state index contributed by atoms with van der Waals surface area (Å²) >= 11 is 0. The Balaban J connectivity index is 1.54. The van der Waals surface area contributed by atoms with Crippen LogP contribution in [0.4, 0.5) is 0 Å². The summed E-state index contributed by atoms with van der Waals surface area (Å²) in [4.78, 5) is 33.4. The number of fused-ring (bicyclic) bond motifs is 1. The van der Waals surface area contributed by atoms with E-state index in [-0.39, 0.29) is 32.8 Å². The van der Waals surface area contributed by atoms with Gasteiger partial charge >= 0.3 is 0 Å². The topological polar surface area (TPSA) is 93.0 Å². The van der Waals surface area contributed by atoms with Gasteiger partial charge in [0.2, 0.25) is 0 Å². The summed E-state index contributed by atoms with van der Waals surface area (Å²) in [6.45, 7) is 7.08. The Labute approximate surface area is 165 Å². The molecule has 3 atom stereocenters. The SMILES string of the molecule is C=C1[C@H](COCc2ccccc2)[C@@H]([Si-]O)C[C@@H]1n1cnc2c(=O)[nH]c(C)nc21. The van der Waals surface area contributed by atoms with E-state index in [1.165, 1.54) is 0 Å². The second-order valence-corrected chi connectivity index (χ2v) is 8.14. The molecule has 7 nitrogen and oxygen atoms in total. The number of nitrogens with zero attached hydrogens (tertiary/aromatic N) is 3. The number of imidazole rings is 1. The van der Waals surface area contributed by atoms with Crippen molar-refractivity contribution in [2.45, 2.75) is 31.5 Å². The quantitative estimate of drug-likeness (QED) is 0.494. The average molecular weight is 395 g/mol. The average Bonchev–Trinajstić information content (AvgIpc) is 3.24. The van der Waals surface area contributed by atoms with Gasteiger partial charge in [0, 0.05) is 0 Å². The number of benzene rings is 1. The fourth-order valence-electron chi connectivity index (χ4n) is 3.86. The highest BCUT2D eigenvalue weighted by molar-refractivity contribution is 6.28. The van der Waals surface area contributed by atoms with E-state index in [2.05, 4.69) is 21.5 Å². The molecule has 1 aromatic carbocycles. The van der Waals surface area contributed by atoms with Crippen LogP contribution >= 0.6 is 0 Å². The summed E-state index contributed by atoms with van der Waals surface area (Å²) in [5.74, 6) is 0.601. The molecule has 1 radical (unpaired) electrons. The van der Waals surface area contributed by atoms with Gasteiger partial charge in [0.15, 0.2) is 11.2 Å². The number of H-pyrrole nitrogens is 1. The fourth-order valence-corrected chi connectivity index (χ4v) is 4.68. The third-order valence-electron chi connectivity index (χ3n) is 5.33. The molecule has 0 aliphatic heterocycles. The fraction of sp³-hybridized carbons (Fsp3) is 0.350. The second-order valence-electron chi connectivity index (χ2n) is 7.14. The van der Waals surface area contributed by atoms with E-state index >= 15 is 0 Å². The predicted octanol–water partition coefficient (Wildman–Crippen LogP) is 2.16. The van der Waals surface area contributed by atoms with Gasteiger partial charge in [-0.05, 0) is 18.4 Å². The van der Waals surface area contributed by atoms with Gasteiger partial charge in [-0.15, -0.1) is 0 Å². The summed E-state index contributed by atoms with van der Waals surface area (Å²) in [6, 6.07) is 9.95. The van der Waals surface area contributed by atoms with Crippen LogP contribution in [0.2, 0.25) is 5.54 Å². The van der Waals surface area contributed by atoms with Crippen molar-refractivity contribution in [1.29, 1.82) is 0 Å². The van der Waals surface area contributed by atoms with Gasteiger partial charge in [-0.3, -0.25) is 14.6 Å². The van der Waals surface area contributed by atoms with Crippen LogP contribution in [0.1, 0.15) is 23.9 Å². The van der Waals surface area contributed by atoms with Gasteiger partial charge in [0.1, 0.15) is 5.82 Å². The molecule has 1 aliphatic rings. The molecule has 4 rings (SSSR count). The van der Waals surface area contributed by atoms with Gasteiger partial charge in [-0.2, -0.15) is 5.54 Å². The molecule has 2 aromatic heterocycles. The molecule has 28 heavy (non-hydrogen) atoms. The molecule has 1 saturated carbocycles. The van der Waals surface area contributed by atoms with Crippen LogP contribution in [0.25, 0.3) is 11.2 Å². The molecule has 1 fully saturated rings. The molecule has 0 saturated heterocycles. The second kappa shape index (κ2) is 7.82. The van der Waals surface area contributed by atoms with Crippen molar-refractivity contribution >= 4 is 20.9 Å². The van der Waals surface area contributed by atoms with Crippen LogP contribution < -0.4 is 5.56 Å². The molecule has 8 heteroatoms. The highest BCUT2D eigenvalue weighted by Crippen LogP contribution is 2.46. The largest absolute Gasteiger partial charge is 0.634 e. The van der Waals surface area contributed by atoms with Crippen LogP contribution in [0.15, 0.2) is 53.6 Å². The van der Waals surface area contributed by atoms with Crippen LogP contribution in [-0.2, 0) is 11.3 Å². The highest BCUT2D eigenvalue weighted by Gasteiger charge is 2.34. The normalized spacial score (nSPS) is 22.2. The summed E-state index contributed by atoms with van der Waals surface area (Å²) < 4.78 is 7.84. The molecule has 0 unspecified atom stereocenters. The lowest BCUT2D eigenvalue weighted by atomic mass is 10.0. The number of rotatable bonds is 6. The highest BCUT2D eigenvalue weighted by atomic mass is 28.2. The third-order valence-corrected chi connectivity index (χ3v) is 6.30. The van der Waals surface area contributed by atoms with E-state index in [1.54, 1.807) is 13.3 Å². The van der Waals surface area contributed by atoms with Gasteiger partial charge < -0.3 is 19.1 Å². The Morgan fingerprint density at radius 1 is 1.39 bits per heavy atom. The first-order valence-corrected chi connectivity index (χ1v) is 10.2. The van der Waals surface area contributed by atoms with E-state index in [9.17, 15) is 9.59 Å². The van der Waals surface area contributed by atoms with Crippen molar-refractivity contribution in [2.75, 3.05) is 6.61 Å². The van der Waals surface area contributed by atoms with Crippen LogP contribution in [0, 0.1) is 12.8 Å². The Kier molecular flexibility index (Phi) is 5.25. The number of aryl methyl sites for hydroxylation is 1. The molecule has 1 aliphatic carbocycles. The van der Waals surface area contributed by atoms with E-state index in [0.717, 1.165) is 17.6 Å². The van der Waals surface area contributed by atoms with Crippen LogP contribution in [0.5, 0.6) is 0 Å². The van der Waals surface area contributed by atoms with E-state index in [1.807, 2.05) is 34.9 Å². The maximum absolute atomic E-state index is 12.1. The maximum Gasteiger partial charge on any atom is 0.279 e. The lowest BCUT2D eigenvalue weighted by Gasteiger charge is -2.26. The molecular formula is C20H22N4O3Si-. The van der Waals surface area contributed by atoms with E-state index < -0.39 is 0 Å². The van der Waals surface area contributed by atoms with Crippen LogP contribution in [-0.4, -0.2) is 40.7 Å². The smallest absolute Gasteiger partial charge is 0.279 e. The van der Waals surface area contributed by atoms with Gasteiger partial charge in [-0.1, -0.05) is 48.9 Å². The first-order chi connectivity index (χ1) is 13.6. The summed E-state index contributed by atoms with van der Waals surface area (Å²) in [5.41, 5.74) is 2.81. The Morgan fingerprint density at radius 2 is 2.18 bits per heavy atom. The van der Waals surface area contributed by atoms with Crippen molar-refractivity contribution in [3.63, 3.8) is 0 Å². The van der Waals surface area contributed by atoms with Crippen molar-refractivity contribution in [3.05, 3.63) is 70.6 Å². The summed E-state index contributed by atoms with van der Waals surface area (Å²) in [5, 5.41) is 0. The number of aromatic nitrogens is 4. The summed E-state index contributed by atoms with van der Waals surface area (Å²) in [7, 11) is -0.195. The number of nitrogens with one attached hydrogen (secondary N) is 1. The first-order valence-electron chi connectivity index (χ1n) is 9.22. The molecule has 0 bridgehead atoms. The number of aromatic amines is 1. The minimum atomic E-state index is -0.242. The minimum absolute atomic E-state index is 0.0533. The third kappa shape index (κ3) is 3.46. The lowest BCUT2D eigenvalue weighted by molar-refractivity contribution is 0.0974. The maximum atomic E-state index is 12.1.